The van der Waals surface area contributed by atoms with Crippen LogP contribution in [0.3, 0.4) is 0 Å². The van der Waals surface area contributed by atoms with Gasteiger partial charge in [-0.2, -0.15) is 22.5 Å². The van der Waals surface area contributed by atoms with Crippen LogP contribution in [-0.4, -0.2) is 12.0 Å². The van der Waals surface area contributed by atoms with E-state index in [-0.39, 0.29) is 5.56 Å². The summed E-state index contributed by atoms with van der Waals surface area (Å²) in [5, 5.41) is 0. The Bertz CT molecular complexity index is 648. The predicted molar refractivity (Wildman–Crippen MR) is 67.3 cm³/mol. The fraction of sp³-hybridized carbons (Fsp3) is 0.214. The van der Waals surface area contributed by atoms with E-state index in [1.807, 2.05) is 0 Å². The summed E-state index contributed by atoms with van der Waals surface area (Å²) in [7, 11) is 1.21. The molecule has 0 N–H and O–H groups in total. The van der Waals surface area contributed by atoms with Gasteiger partial charge in [-0.3, -0.25) is 0 Å². The molecule has 2 aromatic rings. The summed E-state index contributed by atoms with van der Waals surface area (Å²) in [6.45, 7) is 1.45. The molecule has 0 spiro atoms. The second-order valence-corrected chi connectivity index (χ2v) is 4.48. The lowest BCUT2D eigenvalue weighted by molar-refractivity contribution is 0.404. The molecule has 2 nitrogen and oxygen atoms in total. The summed E-state index contributed by atoms with van der Waals surface area (Å²) in [5.74, 6) is -7.35. The standard InChI is InChI=1S/C14H11F5N2/c1-7(8-5-3-4-6-9(8)15)21(2)12-10(16)13(18)20-14(19)11(12)17/h3-7H,1-2H3. The number of hydrogen-bond donors (Lipinski definition) is 0. The predicted octanol–water partition coefficient (Wildman–Crippen LogP) is 3.97. The van der Waals surface area contributed by atoms with E-state index in [4.69, 9.17) is 0 Å². The Morgan fingerprint density at radius 2 is 1.48 bits per heavy atom. The summed E-state index contributed by atoms with van der Waals surface area (Å²) in [4.78, 5) is 3.39. The van der Waals surface area contributed by atoms with Gasteiger partial charge in [0.15, 0.2) is 0 Å². The summed E-state index contributed by atoms with van der Waals surface area (Å²) < 4.78 is 67.3. The summed E-state index contributed by atoms with van der Waals surface area (Å²) in [6, 6.07) is 4.75. The molecule has 1 atom stereocenters. The van der Waals surface area contributed by atoms with Gasteiger partial charge in [-0.15, -0.1) is 0 Å². The third-order valence-electron chi connectivity index (χ3n) is 3.26. The molecular formula is C14H11F5N2. The third-order valence-corrected chi connectivity index (χ3v) is 3.26. The molecule has 1 unspecified atom stereocenters. The minimum absolute atomic E-state index is 0.136. The van der Waals surface area contributed by atoms with Crippen LogP contribution < -0.4 is 4.90 Å². The second kappa shape index (κ2) is 5.67. The monoisotopic (exact) mass is 302 g/mol. The molecule has 0 radical (unpaired) electrons. The van der Waals surface area contributed by atoms with E-state index in [0.29, 0.717) is 0 Å². The molecule has 0 amide bonds. The zero-order valence-electron chi connectivity index (χ0n) is 11.2. The van der Waals surface area contributed by atoms with Crippen LogP contribution in [0.25, 0.3) is 0 Å². The number of nitrogens with zero attached hydrogens (tertiary/aromatic N) is 2. The van der Waals surface area contributed by atoms with Crippen molar-refractivity contribution in [3.05, 3.63) is 59.2 Å². The van der Waals surface area contributed by atoms with Crippen molar-refractivity contribution in [2.24, 2.45) is 0 Å². The highest BCUT2D eigenvalue weighted by molar-refractivity contribution is 5.50. The van der Waals surface area contributed by atoms with Crippen LogP contribution in [0.1, 0.15) is 18.5 Å². The average molecular weight is 302 g/mol. The molecule has 0 aliphatic heterocycles. The van der Waals surface area contributed by atoms with Crippen molar-refractivity contribution in [2.75, 3.05) is 11.9 Å². The molecule has 1 aromatic heterocycles. The molecule has 0 bridgehead atoms. The minimum atomic E-state index is -1.75. The SMILES string of the molecule is CC(c1ccccc1F)N(C)c1c(F)c(F)nc(F)c1F. The van der Waals surface area contributed by atoms with Gasteiger partial charge in [-0.1, -0.05) is 18.2 Å². The van der Waals surface area contributed by atoms with Crippen LogP contribution in [-0.2, 0) is 0 Å². The number of pyridine rings is 1. The van der Waals surface area contributed by atoms with Crippen LogP contribution in [0.15, 0.2) is 24.3 Å². The van der Waals surface area contributed by atoms with Crippen molar-refractivity contribution >= 4 is 5.69 Å². The van der Waals surface area contributed by atoms with E-state index in [2.05, 4.69) is 4.98 Å². The van der Waals surface area contributed by atoms with Gasteiger partial charge < -0.3 is 4.90 Å². The van der Waals surface area contributed by atoms with Gasteiger partial charge in [0.05, 0.1) is 6.04 Å². The minimum Gasteiger partial charge on any atom is -0.363 e. The lowest BCUT2D eigenvalue weighted by Crippen LogP contribution is -2.26. The van der Waals surface area contributed by atoms with Gasteiger partial charge in [0.2, 0.25) is 11.6 Å². The summed E-state index contributed by atoms with van der Waals surface area (Å²) >= 11 is 0. The van der Waals surface area contributed by atoms with E-state index < -0.39 is 41.1 Å². The normalized spacial score (nSPS) is 12.3. The number of halogens is 5. The lowest BCUT2D eigenvalue weighted by Gasteiger charge is -2.28. The maximum absolute atomic E-state index is 13.7. The highest BCUT2D eigenvalue weighted by Gasteiger charge is 2.27. The first kappa shape index (κ1) is 15.2. The first-order valence-electron chi connectivity index (χ1n) is 6.01. The van der Waals surface area contributed by atoms with E-state index in [0.717, 1.165) is 4.90 Å². The van der Waals surface area contributed by atoms with Crippen molar-refractivity contribution in [3.8, 4) is 0 Å². The average Bonchev–Trinajstić information content (AvgIpc) is 2.45. The zero-order valence-corrected chi connectivity index (χ0v) is 11.2. The fourth-order valence-electron chi connectivity index (χ4n) is 2.00. The molecule has 0 aliphatic rings. The third kappa shape index (κ3) is 2.68. The molecule has 0 aliphatic carbocycles. The van der Waals surface area contributed by atoms with Crippen molar-refractivity contribution in [1.29, 1.82) is 0 Å². The summed E-state index contributed by atoms with van der Waals surface area (Å²) in [6.07, 6.45) is 0. The van der Waals surface area contributed by atoms with Crippen LogP contribution in [0, 0.1) is 29.3 Å². The number of hydrogen-bond acceptors (Lipinski definition) is 2. The summed E-state index contributed by atoms with van der Waals surface area (Å²) in [5.41, 5.74) is -0.799. The Labute approximate surface area is 117 Å². The second-order valence-electron chi connectivity index (χ2n) is 4.48. The van der Waals surface area contributed by atoms with Crippen LogP contribution >= 0.6 is 0 Å². The van der Waals surface area contributed by atoms with Gasteiger partial charge in [-0.05, 0) is 13.0 Å². The Kier molecular flexibility index (Phi) is 4.11. The maximum Gasteiger partial charge on any atom is 0.253 e. The molecule has 0 saturated carbocycles. The van der Waals surface area contributed by atoms with Gasteiger partial charge in [0, 0.05) is 12.6 Å². The molecule has 2 rings (SSSR count). The molecule has 21 heavy (non-hydrogen) atoms. The van der Waals surface area contributed by atoms with Crippen LogP contribution in [0.5, 0.6) is 0 Å². The van der Waals surface area contributed by atoms with E-state index in [1.54, 1.807) is 6.07 Å². The molecule has 0 saturated heterocycles. The van der Waals surface area contributed by atoms with Gasteiger partial charge in [0.1, 0.15) is 11.5 Å². The highest BCUT2D eigenvalue weighted by Crippen LogP contribution is 2.32. The molecular weight excluding hydrogens is 291 g/mol. The molecule has 1 aromatic carbocycles. The van der Waals surface area contributed by atoms with Crippen molar-refractivity contribution in [3.63, 3.8) is 0 Å². The number of benzene rings is 1. The first-order valence-corrected chi connectivity index (χ1v) is 6.01. The number of rotatable bonds is 3. The molecule has 7 heteroatoms. The van der Waals surface area contributed by atoms with Gasteiger partial charge in [-0.25, -0.2) is 4.39 Å². The molecule has 1 heterocycles. The van der Waals surface area contributed by atoms with Gasteiger partial charge in [0.25, 0.3) is 11.9 Å². The largest absolute Gasteiger partial charge is 0.363 e. The smallest absolute Gasteiger partial charge is 0.253 e. The quantitative estimate of drug-likeness (QED) is 0.630. The van der Waals surface area contributed by atoms with E-state index >= 15 is 0 Å². The Hall–Kier alpha value is -2.18. The number of anilines is 1. The Balaban J connectivity index is 2.50. The fourth-order valence-corrected chi connectivity index (χ4v) is 2.00. The first-order chi connectivity index (χ1) is 9.84. The van der Waals surface area contributed by atoms with Crippen LogP contribution in [0.4, 0.5) is 27.6 Å². The van der Waals surface area contributed by atoms with E-state index in [1.165, 1.54) is 32.2 Å². The highest BCUT2D eigenvalue weighted by atomic mass is 19.2. The molecule has 0 fully saturated rings. The maximum atomic E-state index is 13.7. The van der Waals surface area contributed by atoms with Crippen molar-refractivity contribution < 1.29 is 22.0 Å². The van der Waals surface area contributed by atoms with E-state index in [9.17, 15) is 22.0 Å². The van der Waals surface area contributed by atoms with Crippen molar-refractivity contribution in [2.45, 2.75) is 13.0 Å². The van der Waals surface area contributed by atoms with Crippen LogP contribution in [0.2, 0.25) is 0 Å². The lowest BCUT2D eigenvalue weighted by atomic mass is 10.1. The zero-order chi connectivity index (χ0) is 15.7. The Morgan fingerprint density at radius 1 is 0.952 bits per heavy atom. The number of aromatic nitrogens is 1. The Morgan fingerprint density at radius 3 is 2.00 bits per heavy atom. The topological polar surface area (TPSA) is 16.1 Å². The van der Waals surface area contributed by atoms with Gasteiger partial charge >= 0.3 is 0 Å². The van der Waals surface area contributed by atoms with Crippen molar-refractivity contribution in [1.82, 2.24) is 4.98 Å². The molecule has 112 valence electrons.